The number of aliphatic hydroxyl groups is 1. The third-order valence-corrected chi connectivity index (χ3v) is 2.52. The van der Waals surface area contributed by atoms with E-state index in [1.807, 2.05) is 0 Å². The smallest absolute Gasteiger partial charge is 0.165 e. The van der Waals surface area contributed by atoms with Crippen LogP contribution < -0.4 is 4.74 Å². The summed E-state index contributed by atoms with van der Waals surface area (Å²) >= 11 is 0. The van der Waals surface area contributed by atoms with E-state index in [4.69, 9.17) is 19.3 Å². The van der Waals surface area contributed by atoms with Crippen molar-refractivity contribution in [2.24, 2.45) is 0 Å². The van der Waals surface area contributed by atoms with Crippen molar-refractivity contribution in [2.45, 2.75) is 12.8 Å². The van der Waals surface area contributed by atoms with Gasteiger partial charge in [-0.3, -0.25) is 0 Å². The van der Waals surface area contributed by atoms with Crippen molar-refractivity contribution >= 4 is 0 Å². The minimum atomic E-state index is -0.414. The zero-order chi connectivity index (χ0) is 15.3. The van der Waals surface area contributed by atoms with Gasteiger partial charge in [0.15, 0.2) is 11.6 Å². The molecule has 0 saturated heterocycles. The lowest BCUT2D eigenvalue weighted by Crippen LogP contribution is -2.07. The second kappa shape index (κ2) is 11.1. The molecule has 5 heteroatoms. The third kappa shape index (κ3) is 7.66. The van der Waals surface area contributed by atoms with E-state index in [1.165, 1.54) is 6.07 Å². The average molecular weight is 296 g/mol. The summed E-state index contributed by atoms with van der Waals surface area (Å²) in [5.74, 6) is 5.40. The van der Waals surface area contributed by atoms with Gasteiger partial charge in [0, 0.05) is 32.1 Å². The van der Waals surface area contributed by atoms with Gasteiger partial charge in [0.2, 0.25) is 0 Å². The van der Waals surface area contributed by atoms with Crippen molar-refractivity contribution in [1.82, 2.24) is 0 Å². The summed E-state index contributed by atoms with van der Waals surface area (Å²) in [6, 6.07) is 4.47. The largest absolute Gasteiger partial charge is 0.490 e. The van der Waals surface area contributed by atoms with Crippen LogP contribution in [0, 0.1) is 17.7 Å². The van der Waals surface area contributed by atoms with Gasteiger partial charge in [0.05, 0.1) is 26.4 Å². The maximum absolute atomic E-state index is 13.6. The van der Waals surface area contributed by atoms with Crippen molar-refractivity contribution in [2.75, 3.05) is 40.1 Å². The fourth-order valence-corrected chi connectivity index (χ4v) is 1.50. The fraction of sp³-hybridized carbons (Fsp3) is 0.500. The Bertz CT molecular complexity index is 465. The van der Waals surface area contributed by atoms with Gasteiger partial charge in [0.25, 0.3) is 0 Å². The molecule has 0 fully saturated rings. The molecule has 1 rings (SSSR count). The zero-order valence-corrected chi connectivity index (χ0v) is 12.2. The molecule has 0 bridgehead atoms. The Labute approximate surface area is 124 Å². The average Bonchev–Trinajstić information content (AvgIpc) is 2.49. The van der Waals surface area contributed by atoms with Crippen LogP contribution in [-0.2, 0) is 9.47 Å². The van der Waals surface area contributed by atoms with E-state index in [-0.39, 0.29) is 12.4 Å². The number of aliphatic hydroxyl groups excluding tert-OH is 1. The molecular formula is C16H21FO4. The monoisotopic (exact) mass is 296 g/mol. The van der Waals surface area contributed by atoms with Crippen molar-refractivity contribution in [3.05, 3.63) is 29.6 Å². The zero-order valence-electron chi connectivity index (χ0n) is 12.2. The second-order valence-corrected chi connectivity index (χ2v) is 4.23. The molecule has 0 aliphatic carbocycles. The van der Waals surface area contributed by atoms with Crippen molar-refractivity contribution in [1.29, 1.82) is 0 Å². The highest BCUT2D eigenvalue weighted by Gasteiger charge is 2.03. The molecule has 21 heavy (non-hydrogen) atoms. The summed E-state index contributed by atoms with van der Waals surface area (Å²) in [5.41, 5.74) is 0.663. The highest BCUT2D eigenvalue weighted by atomic mass is 19.1. The van der Waals surface area contributed by atoms with Crippen LogP contribution in [0.5, 0.6) is 5.75 Å². The predicted molar refractivity (Wildman–Crippen MR) is 77.8 cm³/mol. The Kier molecular flexibility index (Phi) is 9.21. The fourth-order valence-electron chi connectivity index (χ4n) is 1.50. The topological polar surface area (TPSA) is 47.9 Å². The maximum Gasteiger partial charge on any atom is 0.165 e. The van der Waals surface area contributed by atoms with Gasteiger partial charge >= 0.3 is 0 Å². The summed E-state index contributed by atoms with van der Waals surface area (Å²) in [5, 5.41) is 8.66. The van der Waals surface area contributed by atoms with E-state index in [1.54, 1.807) is 19.2 Å². The highest BCUT2D eigenvalue weighted by Crippen LogP contribution is 2.18. The molecule has 1 aromatic carbocycles. The Morgan fingerprint density at radius 1 is 1.19 bits per heavy atom. The number of hydrogen-bond acceptors (Lipinski definition) is 4. The standard InChI is InChI=1S/C16H21FO4/c1-19-11-12-20-9-4-10-21-16-13-14(5-2-3-8-18)6-7-15(16)17/h6-7,13,18H,3-4,8-12H2,1H3. The molecule has 1 aromatic rings. The molecule has 0 amide bonds. The SMILES string of the molecule is COCCOCCCOc1cc(C#CCCO)ccc1F. The Hall–Kier alpha value is -1.61. The van der Waals surface area contributed by atoms with Gasteiger partial charge in [-0.25, -0.2) is 4.39 Å². The minimum Gasteiger partial charge on any atom is -0.490 e. The van der Waals surface area contributed by atoms with Crippen LogP contribution in [-0.4, -0.2) is 45.3 Å². The molecule has 0 atom stereocenters. The number of rotatable bonds is 9. The van der Waals surface area contributed by atoms with Crippen molar-refractivity contribution in [3.8, 4) is 17.6 Å². The molecule has 1 N–H and O–H groups in total. The molecule has 4 nitrogen and oxygen atoms in total. The van der Waals surface area contributed by atoms with E-state index in [9.17, 15) is 4.39 Å². The summed E-state index contributed by atoms with van der Waals surface area (Å²) in [6.45, 7) is 2.03. The first kappa shape index (κ1) is 17.4. The van der Waals surface area contributed by atoms with E-state index >= 15 is 0 Å². The molecule has 0 unspecified atom stereocenters. The molecule has 0 saturated carbocycles. The molecule has 0 aliphatic rings. The molecule has 0 aliphatic heterocycles. The van der Waals surface area contributed by atoms with Gasteiger partial charge < -0.3 is 19.3 Å². The lowest BCUT2D eigenvalue weighted by atomic mass is 10.2. The third-order valence-electron chi connectivity index (χ3n) is 2.52. The maximum atomic E-state index is 13.6. The van der Waals surface area contributed by atoms with E-state index in [2.05, 4.69) is 11.8 Å². The number of ether oxygens (including phenoxy) is 3. The lowest BCUT2D eigenvalue weighted by Gasteiger charge is -2.08. The summed E-state index contributed by atoms with van der Waals surface area (Å²) in [6.07, 6.45) is 1.07. The van der Waals surface area contributed by atoms with Gasteiger partial charge in [-0.1, -0.05) is 11.8 Å². The Morgan fingerprint density at radius 2 is 2.05 bits per heavy atom. The first-order chi connectivity index (χ1) is 10.3. The highest BCUT2D eigenvalue weighted by molar-refractivity contribution is 5.40. The molecule has 0 aromatic heterocycles. The van der Waals surface area contributed by atoms with Crippen LogP contribution in [0.4, 0.5) is 4.39 Å². The minimum absolute atomic E-state index is 0.0145. The Balaban J connectivity index is 2.37. The van der Waals surface area contributed by atoms with Gasteiger partial charge in [-0.05, 0) is 18.2 Å². The van der Waals surface area contributed by atoms with Crippen molar-refractivity contribution < 1.29 is 23.7 Å². The van der Waals surface area contributed by atoms with Crippen molar-refractivity contribution in [3.63, 3.8) is 0 Å². The number of methoxy groups -OCH3 is 1. The van der Waals surface area contributed by atoms with E-state index in [0.717, 1.165) is 0 Å². The molecular weight excluding hydrogens is 275 g/mol. The molecule has 0 radical (unpaired) electrons. The predicted octanol–water partition coefficient (Wildman–Crippen LogP) is 1.99. The summed E-state index contributed by atoms with van der Waals surface area (Å²) in [4.78, 5) is 0. The van der Waals surface area contributed by atoms with Crippen LogP contribution in [0.25, 0.3) is 0 Å². The van der Waals surface area contributed by atoms with Crippen LogP contribution in [0.3, 0.4) is 0 Å². The van der Waals surface area contributed by atoms with Gasteiger partial charge in [-0.2, -0.15) is 0 Å². The molecule has 0 heterocycles. The Morgan fingerprint density at radius 3 is 2.81 bits per heavy atom. The first-order valence-corrected chi connectivity index (χ1v) is 6.86. The van der Waals surface area contributed by atoms with Crippen LogP contribution in [0.15, 0.2) is 18.2 Å². The van der Waals surface area contributed by atoms with Crippen LogP contribution >= 0.6 is 0 Å². The van der Waals surface area contributed by atoms with E-state index < -0.39 is 5.82 Å². The quantitative estimate of drug-likeness (QED) is 0.559. The first-order valence-electron chi connectivity index (χ1n) is 6.86. The van der Waals surface area contributed by atoms with Crippen LogP contribution in [0.2, 0.25) is 0 Å². The normalized spacial score (nSPS) is 10.0. The lowest BCUT2D eigenvalue weighted by molar-refractivity contribution is 0.0642. The molecule has 0 spiro atoms. The summed E-state index contributed by atoms with van der Waals surface area (Å²) < 4.78 is 29.1. The molecule has 116 valence electrons. The number of halogens is 1. The van der Waals surface area contributed by atoms with E-state index in [0.29, 0.717) is 44.8 Å². The number of benzene rings is 1. The van der Waals surface area contributed by atoms with Crippen LogP contribution in [0.1, 0.15) is 18.4 Å². The van der Waals surface area contributed by atoms with Gasteiger partial charge in [0.1, 0.15) is 0 Å². The summed E-state index contributed by atoms with van der Waals surface area (Å²) in [7, 11) is 1.62. The van der Waals surface area contributed by atoms with Gasteiger partial charge in [-0.15, -0.1) is 0 Å². The number of hydrogen-bond donors (Lipinski definition) is 1. The second-order valence-electron chi connectivity index (χ2n) is 4.23.